The van der Waals surface area contributed by atoms with Gasteiger partial charge in [-0.15, -0.1) is 0 Å². The topological polar surface area (TPSA) is 12.4 Å². The van der Waals surface area contributed by atoms with Crippen LogP contribution in [0.2, 0.25) is 5.02 Å². The van der Waals surface area contributed by atoms with Crippen LogP contribution in [0, 0.1) is 5.82 Å². The van der Waals surface area contributed by atoms with Crippen molar-refractivity contribution in [2.75, 3.05) is 0 Å². The quantitative estimate of drug-likeness (QED) is 0.591. The van der Waals surface area contributed by atoms with Crippen LogP contribution in [0.1, 0.15) is 49.1 Å². The Morgan fingerprint density at radius 3 is 2.41 bits per heavy atom. The lowest BCUT2D eigenvalue weighted by molar-refractivity contribution is 0.444. The molecule has 2 aromatic carbocycles. The molecule has 2 aromatic rings. The van der Waals surface area contributed by atoms with Crippen LogP contribution in [-0.4, -0.2) is 6.21 Å². The number of nitrogens with zero attached hydrogens (tertiary/aromatic N) is 1. The fraction of sp³-hybridized carbons (Fsp3) is 0.316. The second kappa shape index (κ2) is 7.06. The highest BCUT2D eigenvalue weighted by molar-refractivity contribution is 6.31. The molecule has 0 spiro atoms. The number of hydrogen-bond donors (Lipinski definition) is 0. The molecule has 0 aliphatic heterocycles. The third-order valence-corrected chi connectivity index (χ3v) is 4.59. The molecule has 3 rings (SSSR count). The Kier molecular flexibility index (Phi) is 4.89. The maximum Gasteiger partial charge on any atom is 0.123 e. The number of hydrogen-bond acceptors (Lipinski definition) is 1. The van der Waals surface area contributed by atoms with E-state index < -0.39 is 0 Å². The second-order valence-electron chi connectivity index (χ2n) is 5.85. The highest BCUT2D eigenvalue weighted by atomic mass is 35.5. The van der Waals surface area contributed by atoms with E-state index >= 15 is 0 Å². The van der Waals surface area contributed by atoms with E-state index in [1.807, 2.05) is 6.07 Å². The van der Waals surface area contributed by atoms with Gasteiger partial charge in [0.15, 0.2) is 0 Å². The van der Waals surface area contributed by atoms with Crippen LogP contribution in [0.3, 0.4) is 0 Å². The summed E-state index contributed by atoms with van der Waals surface area (Å²) in [6, 6.07) is 12.3. The molecule has 114 valence electrons. The van der Waals surface area contributed by atoms with Gasteiger partial charge in [-0.1, -0.05) is 43.0 Å². The van der Waals surface area contributed by atoms with Gasteiger partial charge in [-0.25, -0.2) is 4.39 Å². The molecule has 22 heavy (non-hydrogen) atoms. The van der Waals surface area contributed by atoms with E-state index in [1.54, 1.807) is 18.3 Å². The van der Waals surface area contributed by atoms with Crippen molar-refractivity contribution >= 4 is 23.5 Å². The first kappa shape index (κ1) is 15.2. The smallest absolute Gasteiger partial charge is 0.123 e. The summed E-state index contributed by atoms with van der Waals surface area (Å²) in [5, 5.41) is 0.829. The van der Waals surface area contributed by atoms with Gasteiger partial charge in [-0.05, 0) is 60.2 Å². The summed E-state index contributed by atoms with van der Waals surface area (Å²) in [5.74, 6) is 0.350. The van der Waals surface area contributed by atoms with Gasteiger partial charge in [-0.2, -0.15) is 0 Å². The summed E-state index contributed by atoms with van der Waals surface area (Å²) in [7, 11) is 0. The minimum absolute atomic E-state index is 0.251. The van der Waals surface area contributed by atoms with Crippen molar-refractivity contribution in [1.82, 2.24) is 0 Å². The Hall–Kier alpha value is -1.67. The molecular weight excluding hydrogens is 297 g/mol. The SMILES string of the molecule is Fc1ccc(/N=C/c2ccc(C3CCCCC3)c(Cl)c2)cc1. The second-order valence-corrected chi connectivity index (χ2v) is 6.26. The normalized spacial score (nSPS) is 16.3. The van der Waals surface area contributed by atoms with Crippen molar-refractivity contribution in [2.45, 2.75) is 38.0 Å². The van der Waals surface area contributed by atoms with E-state index in [1.165, 1.54) is 49.8 Å². The third kappa shape index (κ3) is 3.75. The maximum atomic E-state index is 12.9. The summed E-state index contributed by atoms with van der Waals surface area (Å²) < 4.78 is 12.9. The van der Waals surface area contributed by atoms with Crippen molar-refractivity contribution in [3.05, 3.63) is 64.4 Å². The molecule has 0 unspecified atom stereocenters. The monoisotopic (exact) mass is 315 g/mol. The van der Waals surface area contributed by atoms with Crippen molar-refractivity contribution < 1.29 is 4.39 Å². The molecule has 1 aliphatic carbocycles. The molecule has 0 N–H and O–H groups in total. The summed E-state index contributed by atoms with van der Waals surface area (Å²) >= 11 is 6.45. The average molecular weight is 316 g/mol. The van der Waals surface area contributed by atoms with Crippen molar-refractivity contribution in [1.29, 1.82) is 0 Å². The molecule has 0 saturated heterocycles. The van der Waals surface area contributed by atoms with Gasteiger partial charge >= 0.3 is 0 Å². The first-order valence-corrected chi connectivity index (χ1v) is 8.19. The molecule has 0 bridgehead atoms. The van der Waals surface area contributed by atoms with Crippen LogP contribution in [0.25, 0.3) is 0 Å². The highest BCUT2D eigenvalue weighted by Crippen LogP contribution is 2.36. The molecule has 0 aromatic heterocycles. The van der Waals surface area contributed by atoms with Crippen LogP contribution < -0.4 is 0 Å². The van der Waals surface area contributed by atoms with E-state index in [4.69, 9.17) is 11.6 Å². The fourth-order valence-electron chi connectivity index (χ4n) is 3.04. The minimum atomic E-state index is -0.251. The maximum absolute atomic E-state index is 12.9. The predicted octanol–water partition coefficient (Wildman–Crippen LogP) is 6.28. The molecule has 0 heterocycles. The van der Waals surface area contributed by atoms with E-state index in [0.29, 0.717) is 5.92 Å². The lowest BCUT2D eigenvalue weighted by atomic mass is 9.84. The first-order valence-electron chi connectivity index (χ1n) is 7.81. The zero-order chi connectivity index (χ0) is 15.4. The number of rotatable bonds is 3. The van der Waals surface area contributed by atoms with Crippen molar-refractivity contribution in [3.8, 4) is 0 Å². The fourth-order valence-corrected chi connectivity index (χ4v) is 3.39. The zero-order valence-electron chi connectivity index (χ0n) is 12.4. The van der Waals surface area contributed by atoms with Gasteiger partial charge in [-0.3, -0.25) is 4.99 Å². The van der Waals surface area contributed by atoms with Crippen LogP contribution >= 0.6 is 11.6 Å². The van der Waals surface area contributed by atoms with Gasteiger partial charge in [0.2, 0.25) is 0 Å². The van der Waals surface area contributed by atoms with Crippen molar-refractivity contribution in [3.63, 3.8) is 0 Å². The van der Waals surface area contributed by atoms with Crippen LogP contribution in [0.15, 0.2) is 47.5 Å². The first-order chi connectivity index (χ1) is 10.7. The minimum Gasteiger partial charge on any atom is -0.256 e. The Balaban J connectivity index is 1.75. The van der Waals surface area contributed by atoms with Gasteiger partial charge in [0.05, 0.1) is 5.69 Å². The van der Waals surface area contributed by atoms with E-state index in [0.717, 1.165) is 16.3 Å². The Bertz CT molecular complexity index is 658. The Morgan fingerprint density at radius 2 is 1.73 bits per heavy atom. The summed E-state index contributed by atoms with van der Waals surface area (Å²) in [4.78, 5) is 4.35. The zero-order valence-corrected chi connectivity index (χ0v) is 13.2. The van der Waals surface area contributed by atoms with Gasteiger partial charge < -0.3 is 0 Å². The average Bonchev–Trinajstić information content (AvgIpc) is 2.55. The number of halogens is 2. The molecular formula is C19H19ClFN. The molecule has 1 saturated carbocycles. The van der Waals surface area contributed by atoms with Crippen molar-refractivity contribution in [2.24, 2.45) is 4.99 Å². The van der Waals surface area contributed by atoms with E-state index in [-0.39, 0.29) is 5.82 Å². The number of benzene rings is 2. The van der Waals surface area contributed by atoms with Gasteiger partial charge in [0.25, 0.3) is 0 Å². The predicted molar refractivity (Wildman–Crippen MR) is 90.9 cm³/mol. The van der Waals surface area contributed by atoms with E-state index in [2.05, 4.69) is 17.1 Å². The Labute approximate surface area is 135 Å². The Morgan fingerprint density at radius 1 is 1.00 bits per heavy atom. The highest BCUT2D eigenvalue weighted by Gasteiger charge is 2.17. The molecule has 3 heteroatoms. The summed E-state index contributed by atoms with van der Waals surface area (Å²) in [5.41, 5.74) is 2.96. The summed E-state index contributed by atoms with van der Waals surface area (Å²) in [6.45, 7) is 0. The van der Waals surface area contributed by atoms with Crippen LogP contribution in [-0.2, 0) is 0 Å². The van der Waals surface area contributed by atoms with Crippen LogP contribution in [0.4, 0.5) is 10.1 Å². The lowest BCUT2D eigenvalue weighted by Crippen LogP contribution is -2.05. The number of aliphatic imine (C=N–C) groups is 1. The lowest BCUT2D eigenvalue weighted by Gasteiger charge is -2.23. The largest absolute Gasteiger partial charge is 0.256 e. The van der Waals surface area contributed by atoms with Gasteiger partial charge in [0, 0.05) is 11.2 Å². The standard InChI is InChI=1S/C19H19ClFN/c20-19-12-14(13-22-17-9-7-16(21)8-10-17)6-11-18(19)15-4-2-1-3-5-15/h6-13,15H,1-5H2/b22-13+. The van der Waals surface area contributed by atoms with E-state index in [9.17, 15) is 4.39 Å². The molecule has 1 aliphatic rings. The third-order valence-electron chi connectivity index (χ3n) is 4.26. The molecule has 0 amide bonds. The molecule has 1 nitrogen and oxygen atoms in total. The van der Waals surface area contributed by atoms with Crippen LogP contribution in [0.5, 0.6) is 0 Å². The molecule has 1 fully saturated rings. The van der Waals surface area contributed by atoms with Gasteiger partial charge in [0.1, 0.15) is 5.82 Å². The summed E-state index contributed by atoms with van der Waals surface area (Å²) in [6.07, 6.45) is 8.19. The molecule has 0 atom stereocenters. The molecule has 0 radical (unpaired) electrons.